The van der Waals surface area contributed by atoms with Gasteiger partial charge in [-0.15, -0.1) is 0 Å². The highest BCUT2D eigenvalue weighted by molar-refractivity contribution is 6.90. The number of hydrogen-bond donors (Lipinski definition) is 0. The molecule has 0 spiro atoms. The summed E-state index contributed by atoms with van der Waals surface area (Å²) in [7, 11) is 0. The van der Waals surface area contributed by atoms with Crippen molar-refractivity contribution in [2.24, 2.45) is 0 Å². The third-order valence-corrected chi connectivity index (χ3v) is 17.0. The summed E-state index contributed by atoms with van der Waals surface area (Å²) >= 11 is 0. The molecule has 0 N–H and O–H groups in total. The maximum absolute atomic E-state index is 2.80. The number of rotatable bonds is 3. The van der Waals surface area contributed by atoms with Gasteiger partial charge >= 0.3 is 6.85 Å². The average Bonchev–Trinajstić information content (AvgIpc) is 4.21. The zero-order chi connectivity index (χ0) is 52.6. The Labute approximate surface area is 444 Å². The fourth-order valence-corrected chi connectivity index (χ4v) is 12.7. The number of benzene rings is 8. The van der Waals surface area contributed by atoms with Crippen LogP contribution in [0, 0.1) is 0 Å². The molecule has 8 aromatic carbocycles. The molecule has 4 nitrogen and oxygen atoms in total. The first-order chi connectivity index (χ1) is 35.4. The minimum Gasteiger partial charge on any atom is -0.374 e. The second-order valence-electron chi connectivity index (χ2n) is 27.2. The number of anilines is 3. The van der Waals surface area contributed by atoms with Crippen molar-refractivity contribution in [1.82, 2.24) is 13.6 Å². The minimum absolute atomic E-state index is 0.00774. The van der Waals surface area contributed by atoms with Crippen LogP contribution in [-0.2, 0) is 27.1 Å². The van der Waals surface area contributed by atoms with Crippen molar-refractivity contribution in [2.75, 3.05) is 4.90 Å². The van der Waals surface area contributed by atoms with E-state index in [-0.39, 0.29) is 33.9 Å². The van der Waals surface area contributed by atoms with E-state index in [9.17, 15) is 0 Å². The zero-order valence-electron chi connectivity index (χ0n) is 46.9. The fraction of sp³-hybridized carbons (Fsp3) is 0.286. The van der Waals surface area contributed by atoms with Gasteiger partial charge in [-0.05, 0) is 151 Å². The van der Waals surface area contributed by atoms with Crippen LogP contribution in [0.15, 0.2) is 158 Å². The Bertz CT molecular complexity index is 4160. The topological polar surface area (TPSA) is 18.0 Å². The lowest BCUT2D eigenvalue weighted by Gasteiger charge is -2.41. The lowest BCUT2D eigenvalue weighted by atomic mass is 9.46. The van der Waals surface area contributed by atoms with Crippen LogP contribution in [0.1, 0.15) is 132 Å². The van der Waals surface area contributed by atoms with Crippen molar-refractivity contribution < 1.29 is 0 Å². The molecule has 2 aliphatic heterocycles. The highest BCUT2D eigenvalue weighted by atomic mass is 15.2. The van der Waals surface area contributed by atoms with Crippen LogP contribution in [0.5, 0.6) is 0 Å². The minimum atomic E-state index is -0.192. The summed E-state index contributed by atoms with van der Waals surface area (Å²) in [6.45, 7) is 35.1. The highest BCUT2D eigenvalue weighted by Crippen LogP contribution is 2.52. The second kappa shape index (κ2) is 15.7. The standard InChI is InChI=1S/C70H71BN4/c1-66(2,3)42-26-30-49(31-27-42)73-59-41-46(70(13,14)15)38-52-53-39-45(69(10,11)12)40-55-60-58(35-32-50-51-36-43(67(4,5)6)28-33-56(51)72(63(50)60)47-22-18-16-19-23-47)75(62(53)55)71(61(52)59)65-64(73)54-37-44(68(7,8)9)29-34-57(54)74(65)48-24-20-17-21-25-48/h16-41H,1-15H3. The van der Waals surface area contributed by atoms with Gasteiger partial charge in [-0.25, -0.2) is 0 Å². The lowest BCUT2D eigenvalue weighted by Crippen LogP contribution is -2.58. The van der Waals surface area contributed by atoms with Gasteiger partial charge in [0.15, 0.2) is 0 Å². The monoisotopic (exact) mass is 979 g/mol. The van der Waals surface area contributed by atoms with E-state index in [1.807, 2.05) is 0 Å². The van der Waals surface area contributed by atoms with Gasteiger partial charge in [0.2, 0.25) is 0 Å². The van der Waals surface area contributed by atoms with E-state index in [0.717, 1.165) is 5.69 Å². The molecule has 0 aliphatic carbocycles. The van der Waals surface area contributed by atoms with Gasteiger partial charge in [-0.3, -0.25) is 0 Å². The molecule has 0 amide bonds. The average molecular weight is 979 g/mol. The first-order valence-electron chi connectivity index (χ1n) is 27.4. The number of para-hydroxylation sites is 2. The quantitative estimate of drug-likeness (QED) is 0.161. The lowest BCUT2D eigenvalue weighted by molar-refractivity contribution is 0.589. The molecule has 0 atom stereocenters. The van der Waals surface area contributed by atoms with E-state index in [1.165, 1.54) is 127 Å². The summed E-state index contributed by atoms with van der Waals surface area (Å²) < 4.78 is 8.00. The third-order valence-electron chi connectivity index (χ3n) is 17.0. The zero-order valence-corrected chi connectivity index (χ0v) is 46.9. The van der Waals surface area contributed by atoms with Gasteiger partial charge in [-0.1, -0.05) is 177 Å². The van der Waals surface area contributed by atoms with Crippen LogP contribution < -0.4 is 16.0 Å². The number of hydrogen-bond acceptors (Lipinski definition) is 1. The largest absolute Gasteiger partial charge is 0.374 e. The molecular formula is C70H71BN4. The maximum atomic E-state index is 2.80. The van der Waals surface area contributed by atoms with E-state index in [4.69, 9.17) is 0 Å². The summed E-state index contributed by atoms with van der Waals surface area (Å²) in [5, 5.41) is 6.44. The molecule has 0 saturated heterocycles. The molecule has 5 heteroatoms. The molecule has 374 valence electrons. The molecule has 0 radical (unpaired) electrons. The Kier molecular flexibility index (Phi) is 9.92. The second-order valence-corrected chi connectivity index (χ2v) is 27.2. The summed E-state index contributed by atoms with van der Waals surface area (Å²) in [5.41, 5.74) is 23.8. The Morgan fingerprint density at radius 2 is 0.827 bits per heavy atom. The molecule has 3 aromatic heterocycles. The fourth-order valence-electron chi connectivity index (χ4n) is 12.7. The highest BCUT2D eigenvalue weighted by Gasteiger charge is 2.48. The third kappa shape index (κ3) is 7.02. The Morgan fingerprint density at radius 1 is 0.347 bits per heavy atom. The van der Waals surface area contributed by atoms with Crippen molar-refractivity contribution in [3.05, 3.63) is 186 Å². The van der Waals surface area contributed by atoms with Crippen molar-refractivity contribution in [3.8, 4) is 22.5 Å². The molecule has 0 bridgehead atoms. The molecule has 0 unspecified atom stereocenters. The van der Waals surface area contributed by atoms with Crippen molar-refractivity contribution in [2.45, 2.75) is 131 Å². The molecule has 75 heavy (non-hydrogen) atoms. The van der Waals surface area contributed by atoms with E-state index >= 15 is 0 Å². The van der Waals surface area contributed by atoms with Gasteiger partial charge in [0, 0.05) is 71.9 Å². The molecule has 11 aromatic rings. The summed E-state index contributed by atoms with van der Waals surface area (Å²) in [4.78, 5) is 2.67. The SMILES string of the molecule is CC(C)(C)c1ccc(N2c3cc(C(C)(C)C)cc4c3B(c3c2c2cc(C(C)(C)C)ccc2n3-c2ccccc2)n2c3ccc5c6cc(C(C)(C)C)ccc6n(-c6ccccc6)c5c3c3cc(C(C)(C)C)cc-4c32)cc1. The smallest absolute Gasteiger partial charge is 0.351 e. The van der Waals surface area contributed by atoms with Crippen LogP contribution in [0.25, 0.3) is 77.0 Å². The first-order valence-corrected chi connectivity index (χ1v) is 27.4. The Hall–Kier alpha value is -7.24. The van der Waals surface area contributed by atoms with Crippen molar-refractivity contribution >= 4 is 89.5 Å². The molecule has 0 fully saturated rings. The number of nitrogens with zero attached hydrogens (tertiary/aromatic N) is 4. The van der Waals surface area contributed by atoms with Crippen molar-refractivity contribution in [3.63, 3.8) is 0 Å². The molecule has 5 heterocycles. The normalized spacial score (nSPS) is 14.0. The number of aromatic nitrogens is 3. The van der Waals surface area contributed by atoms with Gasteiger partial charge in [0.1, 0.15) is 0 Å². The van der Waals surface area contributed by atoms with E-state index in [0.29, 0.717) is 0 Å². The van der Waals surface area contributed by atoms with Gasteiger partial charge in [-0.2, -0.15) is 0 Å². The van der Waals surface area contributed by atoms with E-state index < -0.39 is 0 Å². The van der Waals surface area contributed by atoms with Crippen LogP contribution in [0.2, 0.25) is 0 Å². The Morgan fingerprint density at radius 3 is 1.40 bits per heavy atom. The van der Waals surface area contributed by atoms with Crippen LogP contribution in [-0.4, -0.2) is 20.5 Å². The molecule has 13 rings (SSSR count). The molecule has 0 saturated carbocycles. The van der Waals surface area contributed by atoms with Crippen LogP contribution in [0.3, 0.4) is 0 Å². The summed E-state index contributed by atoms with van der Waals surface area (Å²) in [6, 6.07) is 61.5. The molecular weight excluding hydrogens is 908 g/mol. The summed E-state index contributed by atoms with van der Waals surface area (Å²) in [6.07, 6.45) is 0. The maximum Gasteiger partial charge on any atom is 0.351 e. The van der Waals surface area contributed by atoms with Crippen LogP contribution in [0.4, 0.5) is 17.1 Å². The predicted molar refractivity (Wildman–Crippen MR) is 325 cm³/mol. The summed E-state index contributed by atoms with van der Waals surface area (Å²) in [5.74, 6) is 0. The number of fused-ring (bicyclic) bond motifs is 13. The van der Waals surface area contributed by atoms with Crippen molar-refractivity contribution in [1.29, 1.82) is 0 Å². The van der Waals surface area contributed by atoms with Gasteiger partial charge in [0.25, 0.3) is 0 Å². The predicted octanol–water partition coefficient (Wildman–Crippen LogP) is 17.7. The van der Waals surface area contributed by atoms with Crippen LogP contribution >= 0.6 is 0 Å². The first kappa shape index (κ1) is 47.5. The van der Waals surface area contributed by atoms with E-state index in [1.54, 1.807) is 0 Å². The Balaban J connectivity index is 1.28. The van der Waals surface area contributed by atoms with E-state index in [2.05, 4.69) is 280 Å². The van der Waals surface area contributed by atoms with Gasteiger partial charge in [0.05, 0.1) is 22.2 Å². The van der Waals surface area contributed by atoms with Gasteiger partial charge < -0.3 is 18.5 Å². The molecule has 2 aliphatic rings.